The van der Waals surface area contributed by atoms with E-state index in [0.29, 0.717) is 18.3 Å². The first-order valence-corrected chi connectivity index (χ1v) is 7.55. The SMILES string of the molecule is CC(C)C(C)n1nccc1NC(=O)NCCc1ccncc1. The maximum absolute atomic E-state index is 12.0. The van der Waals surface area contributed by atoms with Crippen molar-refractivity contribution in [1.82, 2.24) is 20.1 Å². The van der Waals surface area contributed by atoms with E-state index in [2.05, 4.69) is 41.5 Å². The summed E-state index contributed by atoms with van der Waals surface area (Å²) in [6.07, 6.45) is 5.98. The van der Waals surface area contributed by atoms with Crippen molar-refractivity contribution in [3.05, 3.63) is 42.4 Å². The Morgan fingerprint density at radius 3 is 2.59 bits per heavy atom. The minimum atomic E-state index is -0.216. The lowest BCUT2D eigenvalue weighted by molar-refractivity contribution is 0.251. The number of nitrogens with zero attached hydrogens (tertiary/aromatic N) is 3. The molecule has 0 spiro atoms. The minimum Gasteiger partial charge on any atom is -0.337 e. The summed E-state index contributed by atoms with van der Waals surface area (Å²) in [6.45, 7) is 6.92. The van der Waals surface area contributed by atoms with Gasteiger partial charge >= 0.3 is 6.03 Å². The molecule has 0 fully saturated rings. The van der Waals surface area contributed by atoms with Gasteiger partial charge in [-0.1, -0.05) is 13.8 Å². The van der Waals surface area contributed by atoms with Gasteiger partial charge < -0.3 is 5.32 Å². The first kappa shape index (κ1) is 16.0. The number of nitrogens with one attached hydrogen (secondary N) is 2. The van der Waals surface area contributed by atoms with Crippen LogP contribution in [0.2, 0.25) is 0 Å². The molecule has 0 bridgehead atoms. The first-order valence-electron chi connectivity index (χ1n) is 7.55. The van der Waals surface area contributed by atoms with E-state index in [-0.39, 0.29) is 12.1 Å². The molecule has 6 heteroatoms. The molecule has 0 radical (unpaired) electrons. The molecule has 6 nitrogen and oxygen atoms in total. The molecule has 0 saturated carbocycles. The highest BCUT2D eigenvalue weighted by Crippen LogP contribution is 2.20. The van der Waals surface area contributed by atoms with Crippen LogP contribution < -0.4 is 10.6 Å². The maximum Gasteiger partial charge on any atom is 0.320 e. The largest absolute Gasteiger partial charge is 0.337 e. The highest BCUT2D eigenvalue weighted by molar-refractivity contribution is 5.88. The fraction of sp³-hybridized carbons (Fsp3) is 0.438. The number of rotatable bonds is 6. The van der Waals surface area contributed by atoms with Gasteiger partial charge in [-0.05, 0) is 37.0 Å². The molecular formula is C16H23N5O. The van der Waals surface area contributed by atoms with E-state index in [1.54, 1.807) is 24.7 Å². The third kappa shape index (κ3) is 4.31. The second-order valence-electron chi connectivity index (χ2n) is 5.63. The van der Waals surface area contributed by atoms with Crippen LogP contribution in [0.15, 0.2) is 36.8 Å². The molecule has 2 amide bonds. The summed E-state index contributed by atoms with van der Waals surface area (Å²) in [4.78, 5) is 15.9. The van der Waals surface area contributed by atoms with Crippen LogP contribution in [0, 0.1) is 5.92 Å². The third-order valence-electron chi connectivity index (χ3n) is 3.71. The summed E-state index contributed by atoms with van der Waals surface area (Å²) in [5, 5.41) is 9.99. The molecule has 0 aliphatic carbocycles. The number of hydrogen-bond donors (Lipinski definition) is 2. The number of anilines is 1. The predicted molar refractivity (Wildman–Crippen MR) is 86.7 cm³/mol. The van der Waals surface area contributed by atoms with Gasteiger partial charge in [0.2, 0.25) is 0 Å². The van der Waals surface area contributed by atoms with Gasteiger partial charge in [0, 0.05) is 25.0 Å². The zero-order valence-corrected chi connectivity index (χ0v) is 13.3. The number of pyridine rings is 1. The predicted octanol–water partition coefficient (Wildman–Crippen LogP) is 2.86. The number of carbonyl (C=O) groups excluding carboxylic acids is 1. The molecule has 0 saturated heterocycles. The van der Waals surface area contributed by atoms with E-state index >= 15 is 0 Å². The van der Waals surface area contributed by atoms with E-state index in [9.17, 15) is 4.79 Å². The van der Waals surface area contributed by atoms with Crippen LogP contribution in [0.3, 0.4) is 0 Å². The Labute approximate surface area is 130 Å². The van der Waals surface area contributed by atoms with Crippen molar-refractivity contribution in [2.75, 3.05) is 11.9 Å². The van der Waals surface area contributed by atoms with Crippen LogP contribution >= 0.6 is 0 Å². The highest BCUT2D eigenvalue weighted by atomic mass is 16.2. The van der Waals surface area contributed by atoms with E-state index in [1.807, 2.05) is 16.8 Å². The number of carbonyl (C=O) groups is 1. The molecule has 118 valence electrons. The van der Waals surface area contributed by atoms with E-state index < -0.39 is 0 Å². The lowest BCUT2D eigenvalue weighted by atomic mass is 10.1. The number of hydrogen-bond acceptors (Lipinski definition) is 3. The Kier molecular flexibility index (Phi) is 5.52. The monoisotopic (exact) mass is 301 g/mol. The topological polar surface area (TPSA) is 71.8 Å². The molecule has 1 unspecified atom stereocenters. The van der Waals surface area contributed by atoms with E-state index in [1.165, 1.54) is 0 Å². The van der Waals surface area contributed by atoms with Crippen LogP contribution in [0.4, 0.5) is 10.6 Å². The lowest BCUT2D eigenvalue weighted by Gasteiger charge is -2.19. The molecule has 2 aromatic heterocycles. The van der Waals surface area contributed by atoms with Gasteiger partial charge in [0.05, 0.1) is 12.2 Å². The molecule has 2 aromatic rings. The maximum atomic E-state index is 12.0. The van der Waals surface area contributed by atoms with Crippen LogP contribution in [-0.2, 0) is 6.42 Å². The van der Waals surface area contributed by atoms with Crippen LogP contribution in [0.1, 0.15) is 32.4 Å². The molecule has 22 heavy (non-hydrogen) atoms. The zero-order chi connectivity index (χ0) is 15.9. The summed E-state index contributed by atoms with van der Waals surface area (Å²) in [5.41, 5.74) is 1.15. The van der Waals surface area contributed by atoms with Crippen molar-refractivity contribution in [3.8, 4) is 0 Å². The fourth-order valence-electron chi connectivity index (χ4n) is 2.05. The Morgan fingerprint density at radius 2 is 1.91 bits per heavy atom. The van der Waals surface area contributed by atoms with Crippen molar-refractivity contribution in [3.63, 3.8) is 0 Å². The average Bonchev–Trinajstić information content (AvgIpc) is 2.95. The molecule has 1 atom stereocenters. The van der Waals surface area contributed by atoms with Gasteiger partial charge in [0.1, 0.15) is 5.82 Å². The molecule has 0 aromatic carbocycles. The molecule has 2 heterocycles. The Hall–Kier alpha value is -2.37. The fourth-order valence-corrected chi connectivity index (χ4v) is 2.05. The van der Waals surface area contributed by atoms with Crippen LogP contribution in [-0.4, -0.2) is 27.3 Å². The minimum absolute atomic E-state index is 0.216. The first-order chi connectivity index (χ1) is 10.6. The smallest absolute Gasteiger partial charge is 0.320 e. The second-order valence-corrected chi connectivity index (χ2v) is 5.63. The van der Waals surface area contributed by atoms with Gasteiger partial charge in [-0.25, -0.2) is 9.48 Å². The molecule has 0 aliphatic heterocycles. The highest BCUT2D eigenvalue weighted by Gasteiger charge is 2.14. The van der Waals surface area contributed by atoms with Crippen molar-refractivity contribution in [2.24, 2.45) is 5.92 Å². The van der Waals surface area contributed by atoms with Gasteiger partial charge in [-0.3, -0.25) is 10.3 Å². The zero-order valence-electron chi connectivity index (χ0n) is 13.3. The summed E-state index contributed by atoms with van der Waals surface area (Å²) in [6, 6.07) is 5.70. The molecule has 2 rings (SSSR count). The van der Waals surface area contributed by atoms with Crippen molar-refractivity contribution >= 4 is 11.8 Å². The average molecular weight is 301 g/mol. The van der Waals surface area contributed by atoms with Crippen LogP contribution in [0.25, 0.3) is 0 Å². The quantitative estimate of drug-likeness (QED) is 0.861. The van der Waals surface area contributed by atoms with Gasteiger partial charge in [0.15, 0.2) is 0 Å². The van der Waals surface area contributed by atoms with E-state index in [0.717, 1.165) is 12.0 Å². The van der Waals surface area contributed by atoms with Crippen molar-refractivity contribution in [1.29, 1.82) is 0 Å². The van der Waals surface area contributed by atoms with Crippen LogP contribution in [0.5, 0.6) is 0 Å². The number of amides is 2. The summed E-state index contributed by atoms with van der Waals surface area (Å²) < 4.78 is 1.84. The van der Waals surface area contributed by atoms with Gasteiger partial charge in [0.25, 0.3) is 0 Å². The Balaban J connectivity index is 1.84. The normalized spacial score (nSPS) is 12.2. The van der Waals surface area contributed by atoms with E-state index in [4.69, 9.17) is 0 Å². The number of urea groups is 1. The van der Waals surface area contributed by atoms with Gasteiger partial charge in [-0.2, -0.15) is 5.10 Å². The lowest BCUT2D eigenvalue weighted by Crippen LogP contribution is -2.31. The van der Waals surface area contributed by atoms with Crippen molar-refractivity contribution < 1.29 is 4.79 Å². The second kappa shape index (κ2) is 7.59. The molecule has 0 aliphatic rings. The summed E-state index contributed by atoms with van der Waals surface area (Å²) in [7, 11) is 0. The molecule has 2 N–H and O–H groups in total. The number of aromatic nitrogens is 3. The Bertz CT molecular complexity index is 594. The Morgan fingerprint density at radius 1 is 1.18 bits per heavy atom. The standard InChI is InChI=1S/C16H23N5O/c1-12(2)13(3)21-15(7-11-19-21)20-16(22)18-10-6-14-4-8-17-9-5-14/h4-5,7-9,11-13H,6,10H2,1-3H3,(H2,18,20,22). The van der Waals surface area contributed by atoms with Crippen molar-refractivity contribution in [2.45, 2.75) is 33.2 Å². The third-order valence-corrected chi connectivity index (χ3v) is 3.71. The molecular weight excluding hydrogens is 278 g/mol. The summed E-state index contributed by atoms with van der Waals surface area (Å²) >= 11 is 0. The summed E-state index contributed by atoms with van der Waals surface area (Å²) in [5.74, 6) is 1.15. The van der Waals surface area contributed by atoms with Gasteiger partial charge in [-0.15, -0.1) is 0 Å².